The average Bonchev–Trinajstić information content (AvgIpc) is 3.21. The van der Waals surface area contributed by atoms with Gasteiger partial charge in [-0.15, -0.1) is 0 Å². The Bertz CT molecular complexity index is 2930. The summed E-state index contributed by atoms with van der Waals surface area (Å²) >= 11 is 0. The number of anilines is 10. The number of hydrogen-bond acceptors (Lipinski definition) is 20. The molecule has 0 aliphatic rings. The molecule has 0 saturated heterocycles. The Hall–Kier alpha value is -6.91. The fraction of sp³-hybridized carbons (Fsp3) is 0.111. The fourth-order valence-electron chi connectivity index (χ4n) is 5.34. The van der Waals surface area contributed by atoms with Crippen LogP contribution in [0.3, 0.4) is 0 Å². The molecule has 62 heavy (non-hydrogen) atoms. The Morgan fingerprint density at radius 2 is 0.790 bits per heavy atom. The van der Waals surface area contributed by atoms with E-state index >= 15 is 0 Å². The van der Waals surface area contributed by atoms with Gasteiger partial charge in [-0.1, -0.05) is 42.5 Å². The Kier molecular flexibility index (Phi) is 13.8. The van der Waals surface area contributed by atoms with Gasteiger partial charge in [0.15, 0.2) is 0 Å². The SMILES string of the molecule is O=S(=O)(O)c1ccc(Nc2nc(NCCO)nc(Nc3ccc(C=Cc4ccc(Nc5nc(NCCO)nc(Nc6ccccc6)n5)cc4S(=O)(=O)O)c(S(=O)(=O)O)c3)n2)cc1. The van der Waals surface area contributed by atoms with Crippen LogP contribution in [0.4, 0.5) is 58.4 Å². The summed E-state index contributed by atoms with van der Waals surface area (Å²) in [5, 5.41) is 35.7. The van der Waals surface area contributed by atoms with Gasteiger partial charge < -0.3 is 42.1 Å². The summed E-state index contributed by atoms with van der Waals surface area (Å²) in [7, 11) is -14.3. The van der Waals surface area contributed by atoms with Crippen LogP contribution in [0.2, 0.25) is 0 Å². The molecule has 0 saturated carbocycles. The molecule has 23 nitrogen and oxygen atoms in total. The lowest BCUT2D eigenvalue weighted by Crippen LogP contribution is -2.12. The second-order valence-electron chi connectivity index (χ2n) is 12.6. The molecule has 0 amide bonds. The van der Waals surface area contributed by atoms with Crippen LogP contribution in [0.25, 0.3) is 12.2 Å². The molecule has 0 radical (unpaired) electrons. The molecule has 0 spiro atoms. The molecular weight excluding hydrogens is 873 g/mol. The van der Waals surface area contributed by atoms with Crippen molar-refractivity contribution in [3.63, 3.8) is 0 Å². The Morgan fingerprint density at radius 3 is 1.16 bits per heavy atom. The molecule has 0 atom stereocenters. The maximum Gasteiger partial charge on any atom is 0.295 e. The van der Waals surface area contributed by atoms with Crippen LogP contribution in [0.15, 0.2) is 106 Å². The van der Waals surface area contributed by atoms with E-state index in [1.54, 1.807) is 24.3 Å². The second-order valence-corrected chi connectivity index (χ2v) is 16.8. The van der Waals surface area contributed by atoms with Crippen molar-refractivity contribution in [3.8, 4) is 0 Å². The zero-order valence-electron chi connectivity index (χ0n) is 31.7. The molecule has 6 aromatic rings. The van der Waals surface area contributed by atoms with Crippen molar-refractivity contribution >= 4 is 101 Å². The summed E-state index contributed by atoms with van der Waals surface area (Å²) in [5.74, 6) is -0.0988. The van der Waals surface area contributed by atoms with E-state index in [2.05, 4.69) is 61.8 Å². The molecule has 324 valence electrons. The summed E-state index contributed by atoms with van der Waals surface area (Å²) in [6.07, 6.45) is 2.41. The van der Waals surface area contributed by atoms with E-state index in [4.69, 9.17) is 0 Å². The average molecular weight is 909 g/mol. The van der Waals surface area contributed by atoms with Crippen molar-refractivity contribution in [2.24, 2.45) is 0 Å². The molecule has 0 unspecified atom stereocenters. The zero-order valence-corrected chi connectivity index (χ0v) is 34.2. The summed E-state index contributed by atoms with van der Waals surface area (Å²) in [6.45, 7) is -0.346. The predicted octanol–water partition coefficient (Wildman–Crippen LogP) is 3.75. The first kappa shape index (κ1) is 44.6. The van der Waals surface area contributed by atoms with Gasteiger partial charge in [-0.2, -0.15) is 55.2 Å². The van der Waals surface area contributed by atoms with Crippen LogP contribution in [0.1, 0.15) is 11.1 Å². The number of hydrogen-bond donors (Lipinski definition) is 11. The number of nitrogens with zero attached hydrogens (tertiary/aromatic N) is 6. The van der Waals surface area contributed by atoms with Crippen molar-refractivity contribution in [3.05, 3.63) is 102 Å². The minimum atomic E-state index is -4.93. The molecule has 26 heteroatoms. The highest BCUT2D eigenvalue weighted by molar-refractivity contribution is 7.86. The largest absolute Gasteiger partial charge is 0.395 e. The first-order valence-electron chi connectivity index (χ1n) is 17.8. The molecule has 2 heterocycles. The highest BCUT2D eigenvalue weighted by Gasteiger charge is 2.19. The number of aromatic nitrogens is 6. The van der Waals surface area contributed by atoms with Crippen LogP contribution < -0.4 is 31.9 Å². The zero-order chi connectivity index (χ0) is 44.5. The van der Waals surface area contributed by atoms with Gasteiger partial charge in [-0.25, -0.2) is 0 Å². The first-order valence-corrected chi connectivity index (χ1v) is 22.1. The minimum Gasteiger partial charge on any atom is -0.395 e. The van der Waals surface area contributed by atoms with E-state index in [0.717, 1.165) is 24.3 Å². The number of rotatable bonds is 19. The topological polar surface area (TPSA) is 353 Å². The van der Waals surface area contributed by atoms with Gasteiger partial charge in [0, 0.05) is 35.8 Å². The highest BCUT2D eigenvalue weighted by atomic mass is 32.2. The molecule has 0 aliphatic carbocycles. The maximum atomic E-state index is 12.6. The number of para-hydroxylation sites is 1. The molecule has 0 fully saturated rings. The minimum absolute atomic E-state index is 0.0306. The Morgan fingerprint density at radius 1 is 0.435 bits per heavy atom. The third-order valence-electron chi connectivity index (χ3n) is 8.04. The van der Waals surface area contributed by atoms with Crippen molar-refractivity contribution in [1.82, 2.24) is 29.9 Å². The van der Waals surface area contributed by atoms with E-state index in [1.807, 2.05) is 6.07 Å². The summed E-state index contributed by atoms with van der Waals surface area (Å²) in [6, 6.07) is 21.5. The van der Waals surface area contributed by atoms with Gasteiger partial charge >= 0.3 is 0 Å². The van der Waals surface area contributed by atoms with E-state index < -0.39 is 40.1 Å². The monoisotopic (exact) mass is 908 g/mol. The molecule has 11 N–H and O–H groups in total. The third kappa shape index (κ3) is 12.3. The van der Waals surface area contributed by atoms with Crippen LogP contribution in [0.5, 0.6) is 0 Å². The maximum absolute atomic E-state index is 12.6. The molecule has 6 rings (SSSR count). The Balaban J connectivity index is 1.26. The van der Waals surface area contributed by atoms with Gasteiger partial charge in [0.25, 0.3) is 30.4 Å². The van der Waals surface area contributed by atoms with Gasteiger partial charge in [0.05, 0.1) is 18.1 Å². The molecule has 2 aromatic heterocycles. The standard InChI is InChI=1S/C36H36N12O11S3/c49-18-16-37-31-43-33(39-24-4-2-1-3-5-24)47-35(45-31)41-26-10-8-22(29(20-26)61(54,55)56)6-7-23-9-11-27(21-30(23)62(57,58)59)42-36-46-32(38-17-19-50)44-34(48-36)40-25-12-14-28(15-13-25)60(51,52)53/h1-15,20-21,49-50H,16-19H2,(H,51,52,53)(H,54,55,56)(H,57,58,59)(H3,37,39,41,43,45,47)(H3,38,40,42,44,46,48). The number of nitrogens with one attached hydrogen (secondary N) is 6. The molecule has 0 bridgehead atoms. The fourth-order valence-corrected chi connectivity index (χ4v) is 7.24. The summed E-state index contributed by atoms with van der Waals surface area (Å²) in [4.78, 5) is 23.9. The van der Waals surface area contributed by atoms with Crippen LogP contribution in [-0.4, -0.2) is 105 Å². The highest BCUT2D eigenvalue weighted by Crippen LogP contribution is 2.29. The van der Waals surface area contributed by atoms with Crippen molar-refractivity contribution in [2.45, 2.75) is 14.7 Å². The smallest absolute Gasteiger partial charge is 0.295 e. The number of aliphatic hydroxyl groups is 2. The predicted molar refractivity (Wildman–Crippen MR) is 228 cm³/mol. The van der Waals surface area contributed by atoms with Crippen LogP contribution in [0, 0.1) is 0 Å². The van der Waals surface area contributed by atoms with E-state index in [0.29, 0.717) is 11.4 Å². The Labute approximate surface area is 353 Å². The normalized spacial score (nSPS) is 11.9. The van der Waals surface area contributed by atoms with Crippen molar-refractivity contribution in [1.29, 1.82) is 0 Å². The van der Waals surface area contributed by atoms with E-state index in [9.17, 15) is 49.1 Å². The summed E-state index contributed by atoms with van der Waals surface area (Å²) < 4.78 is 103. The summed E-state index contributed by atoms with van der Waals surface area (Å²) in [5.41, 5.74) is 0.979. The van der Waals surface area contributed by atoms with E-state index in [1.165, 1.54) is 48.6 Å². The molecule has 4 aromatic carbocycles. The number of benzene rings is 4. The third-order valence-corrected chi connectivity index (χ3v) is 10.7. The first-order chi connectivity index (χ1) is 29.5. The van der Waals surface area contributed by atoms with Crippen LogP contribution >= 0.6 is 0 Å². The van der Waals surface area contributed by atoms with Gasteiger partial charge in [0.1, 0.15) is 9.79 Å². The second kappa shape index (κ2) is 19.2. The van der Waals surface area contributed by atoms with Crippen molar-refractivity contribution in [2.75, 3.05) is 58.2 Å². The van der Waals surface area contributed by atoms with E-state index in [-0.39, 0.29) is 89.4 Å². The lowest BCUT2D eigenvalue weighted by molar-refractivity contribution is 0.310. The van der Waals surface area contributed by atoms with Crippen molar-refractivity contribution < 1.29 is 49.1 Å². The molecule has 0 aliphatic heterocycles. The van der Waals surface area contributed by atoms with Gasteiger partial charge in [0.2, 0.25) is 35.7 Å². The number of aliphatic hydroxyl groups excluding tert-OH is 2. The van der Waals surface area contributed by atoms with Gasteiger partial charge in [-0.05, 0) is 71.8 Å². The lowest BCUT2D eigenvalue weighted by atomic mass is 10.1. The van der Waals surface area contributed by atoms with Gasteiger partial charge in [-0.3, -0.25) is 13.7 Å². The quantitative estimate of drug-likeness (QED) is 0.0407. The molecular formula is C36H36N12O11S3. The van der Waals surface area contributed by atoms with Crippen LogP contribution in [-0.2, 0) is 30.4 Å². The lowest BCUT2D eigenvalue weighted by Gasteiger charge is -2.13.